The lowest BCUT2D eigenvalue weighted by Gasteiger charge is -2.19. The number of aryl methyl sites for hydroxylation is 1. The molecular formula is C21H24N2O. The van der Waals surface area contributed by atoms with Crippen LogP contribution in [0.2, 0.25) is 0 Å². The van der Waals surface area contributed by atoms with Crippen molar-refractivity contribution >= 4 is 10.9 Å². The summed E-state index contributed by atoms with van der Waals surface area (Å²) in [5.74, 6) is 1.39. The molecular weight excluding hydrogens is 296 g/mol. The highest BCUT2D eigenvalue weighted by Gasteiger charge is 2.31. The molecule has 0 saturated heterocycles. The monoisotopic (exact) mass is 320 g/mol. The number of aromatic nitrogens is 1. The highest BCUT2D eigenvalue weighted by molar-refractivity contribution is 5.91. The summed E-state index contributed by atoms with van der Waals surface area (Å²) < 4.78 is 6.19. The third-order valence-electron chi connectivity index (χ3n) is 5.21. The van der Waals surface area contributed by atoms with Gasteiger partial charge in [-0.2, -0.15) is 0 Å². The minimum Gasteiger partial charge on any atom is -0.488 e. The largest absolute Gasteiger partial charge is 0.488 e. The van der Waals surface area contributed by atoms with E-state index in [1.807, 2.05) is 18.2 Å². The Morgan fingerprint density at radius 3 is 2.79 bits per heavy atom. The third kappa shape index (κ3) is 2.59. The summed E-state index contributed by atoms with van der Waals surface area (Å²) >= 11 is 0. The topological polar surface area (TPSA) is 51.0 Å². The van der Waals surface area contributed by atoms with E-state index < -0.39 is 0 Å². The maximum Gasteiger partial charge on any atom is 0.129 e. The van der Waals surface area contributed by atoms with Gasteiger partial charge in [-0.3, -0.25) is 0 Å². The predicted molar refractivity (Wildman–Crippen MR) is 98.4 cm³/mol. The summed E-state index contributed by atoms with van der Waals surface area (Å²) in [7, 11) is 0. The number of hydrogen-bond acceptors (Lipinski definition) is 2. The number of aromatic amines is 1. The van der Waals surface area contributed by atoms with Crippen molar-refractivity contribution in [3.8, 4) is 5.75 Å². The fraction of sp³-hybridized carbons (Fsp3) is 0.333. The van der Waals surface area contributed by atoms with Crippen LogP contribution in [0.15, 0.2) is 48.5 Å². The average molecular weight is 320 g/mol. The Bertz CT molecular complexity index is 838. The van der Waals surface area contributed by atoms with Crippen molar-refractivity contribution in [2.24, 2.45) is 5.73 Å². The van der Waals surface area contributed by atoms with Crippen molar-refractivity contribution in [2.45, 2.75) is 44.8 Å². The Morgan fingerprint density at radius 2 is 2.00 bits per heavy atom. The molecule has 0 bridgehead atoms. The Hall–Kier alpha value is -2.26. The number of nitrogens with two attached hydrogens (primary N) is 1. The quantitative estimate of drug-likeness (QED) is 0.726. The second-order valence-electron chi connectivity index (χ2n) is 6.69. The van der Waals surface area contributed by atoms with Gasteiger partial charge in [0.25, 0.3) is 0 Å². The molecule has 1 aliphatic carbocycles. The highest BCUT2D eigenvalue weighted by atomic mass is 16.5. The molecule has 4 rings (SSSR count). The van der Waals surface area contributed by atoms with Gasteiger partial charge in [0.2, 0.25) is 0 Å². The van der Waals surface area contributed by atoms with E-state index in [1.165, 1.54) is 27.7 Å². The molecule has 0 fully saturated rings. The van der Waals surface area contributed by atoms with Crippen molar-refractivity contribution in [3.63, 3.8) is 0 Å². The zero-order valence-corrected chi connectivity index (χ0v) is 14.1. The van der Waals surface area contributed by atoms with Crippen LogP contribution in [0.1, 0.15) is 42.5 Å². The van der Waals surface area contributed by atoms with Crippen molar-refractivity contribution in [3.05, 3.63) is 65.4 Å². The van der Waals surface area contributed by atoms with Gasteiger partial charge in [0, 0.05) is 28.6 Å². The molecule has 24 heavy (non-hydrogen) atoms. The molecule has 0 radical (unpaired) electrons. The van der Waals surface area contributed by atoms with Gasteiger partial charge in [-0.25, -0.2) is 0 Å². The zero-order valence-electron chi connectivity index (χ0n) is 14.1. The molecule has 3 aromatic rings. The molecule has 3 N–H and O–H groups in total. The lowest BCUT2D eigenvalue weighted by molar-refractivity contribution is 0.310. The molecule has 1 heterocycles. The van der Waals surface area contributed by atoms with Crippen LogP contribution in [0, 0.1) is 0 Å². The maximum absolute atomic E-state index is 6.40. The van der Waals surface area contributed by atoms with E-state index in [1.54, 1.807) is 0 Å². The van der Waals surface area contributed by atoms with Gasteiger partial charge < -0.3 is 15.5 Å². The van der Waals surface area contributed by atoms with Gasteiger partial charge in [-0.1, -0.05) is 43.3 Å². The number of nitrogens with one attached hydrogen (secondary N) is 1. The van der Waals surface area contributed by atoms with E-state index in [9.17, 15) is 0 Å². The number of hydrogen-bond donors (Lipinski definition) is 2. The van der Waals surface area contributed by atoms with Crippen molar-refractivity contribution < 1.29 is 4.74 Å². The molecule has 1 aromatic heterocycles. The van der Waals surface area contributed by atoms with Gasteiger partial charge in [-0.05, 0) is 42.5 Å². The first-order valence-corrected chi connectivity index (χ1v) is 8.83. The summed E-state index contributed by atoms with van der Waals surface area (Å²) in [6, 6.07) is 16.8. The van der Waals surface area contributed by atoms with Gasteiger partial charge in [0.1, 0.15) is 12.4 Å². The summed E-state index contributed by atoms with van der Waals surface area (Å²) in [4.78, 5) is 3.59. The second-order valence-corrected chi connectivity index (χ2v) is 6.69. The van der Waals surface area contributed by atoms with Crippen LogP contribution >= 0.6 is 0 Å². The van der Waals surface area contributed by atoms with Crippen LogP contribution in [-0.2, 0) is 13.0 Å². The normalized spacial score (nSPS) is 17.8. The summed E-state index contributed by atoms with van der Waals surface area (Å²) in [6.45, 7) is 2.76. The summed E-state index contributed by atoms with van der Waals surface area (Å²) in [5.41, 5.74) is 11.5. The van der Waals surface area contributed by atoms with Crippen molar-refractivity contribution in [2.75, 3.05) is 0 Å². The van der Waals surface area contributed by atoms with E-state index >= 15 is 0 Å². The zero-order chi connectivity index (χ0) is 16.5. The average Bonchev–Trinajstić information content (AvgIpc) is 3.19. The smallest absolute Gasteiger partial charge is 0.129 e. The highest BCUT2D eigenvalue weighted by Crippen LogP contribution is 2.44. The first-order chi connectivity index (χ1) is 11.8. The number of fused-ring (bicyclic) bond motifs is 3. The molecule has 1 aliphatic rings. The molecule has 0 aliphatic heterocycles. The van der Waals surface area contributed by atoms with Crippen LogP contribution in [0.5, 0.6) is 5.75 Å². The van der Waals surface area contributed by atoms with Gasteiger partial charge in [0.15, 0.2) is 0 Å². The number of rotatable bonds is 5. The molecule has 1 unspecified atom stereocenters. The molecule has 0 saturated carbocycles. The number of benzene rings is 2. The number of H-pyrrole nitrogens is 1. The van der Waals surface area contributed by atoms with Crippen molar-refractivity contribution in [1.82, 2.24) is 4.98 Å². The minimum absolute atomic E-state index is 0.215. The Labute approximate surface area is 142 Å². The first-order valence-electron chi connectivity index (χ1n) is 8.83. The fourth-order valence-corrected chi connectivity index (χ4v) is 3.91. The van der Waals surface area contributed by atoms with Gasteiger partial charge >= 0.3 is 0 Å². The lowest BCUT2D eigenvalue weighted by Crippen LogP contribution is -2.26. The van der Waals surface area contributed by atoms with Crippen molar-refractivity contribution in [1.29, 1.82) is 0 Å². The van der Waals surface area contributed by atoms with Crippen LogP contribution < -0.4 is 10.5 Å². The predicted octanol–water partition coefficient (Wildman–Crippen LogP) is 4.51. The molecule has 0 amide bonds. The molecule has 2 aromatic carbocycles. The van der Waals surface area contributed by atoms with Gasteiger partial charge in [0.05, 0.1) is 0 Å². The Balaban J connectivity index is 1.71. The Morgan fingerprint density at radius 1 is 1.17 bits per heavy atom. The SMILES string of the molecule is CC[C@H](N)C1CCc2[nH]c3cccc(OCc4ccccc4)c3c21. The van der Waals surface area contributed by atoms with Crippen LogP contribution in [0.4, 0.5) is 0 Å². The van der Waals surface area contributed by atoms with E-state index in [0.29, 0.717) is 12.5 Å². The molecule has 3 heteroatoms. The Kier molecular flexibility index (Phi) is 4.03. The van der Waals surface area contributed by atoms with E-state index in [-0.39, 0.29) is 6.04 Å². The van der Waals surface area contributed by atoms with Gasteiger partial charge in [-0.15, -0.1) is 0 Å². The van der Waals surface area contributed by atoms with E-state index in [4.69, 9.17) is 10.5 Å². The summed E-state index contributed by atoms with van der Waals surface area (Å²) in [6.07, 6.45) is 3.23. The molecule has 3 nitrogen and oxygen atoms in total. The summed E-state index contributed by atoms with van der Waals surface area (Å²) in [5, 5.41) is 1.23. The van der Waals surface area contributed by atoms with Crippen LogP contribution in [0.25, 0.3) is 10.9 Å². The molecule has 2 atom stereocenters. The van der Waals surface area contributed by atoms with E-state index in [0.717, 1.165) is 25.0 Å². The third-order valence-corrected chi connectivity index (χ3v) is 5.21. The first kappa shape index (κ1) is 15.3. The fourth-order valence-electron chi connectivity index (χ4n) is 3.91. The molecule has 124 valence electrons. The standard InChI is InChI=1S/C21H24N2O/c1-2-16(22)15-11-12-18-20(15)21-17(23-18)9-6-10-19(21)24-13-14-7-4-3-5-8-14/h3-10,15-16,23H,2,11-13,22H2,1H3/t15?,16-/m0/s1. The minimum atomic E-state index is 0.215. The molecule has 0 spiro atoms. The lowest BCUT2D eigenvalue weighted by atomic mass is 9.91. The maximum atomic E-state index is 6.40. The van der Waals surface area contributed by atoms with Crippen LogP contribution in [0.3, 0.4) is 0 Å². The van der Waals surface area contributed by atoms with E-state index in [2.05, 4.69) is 42.2 Å². The van der Waals surface area contributed by atoms with Crippen LogP contribution in [-0.4, -0.2) is 11.0 Å². The number of ether oxygens (including phenoxy) is 1. The second kappa shape index (κ2) is 6.33.